The van der Waals surface area contributed by atoms with Crippen molar-refractivity contribution < 1.29 is 17.9 Å². The molecule has 0 saturated heterocycles. The van der Waals surface area contributed by atoms with Gasteiger partial charge < -0.3 is 9.47 Å². The van der Waals surface area contributed by atoms with Gasteiger partial charge in [-0.05, 0) is 18.9 Å². The second-order valence-electron chi connectivity index (χ2n) is 9.55. The van der Waals surface area contributed by atoms with Crippen molar-refractivity contribution in [3.8, 4) is 11.5 Å². The van der Waals surface area contributed by atoms with Gasteiger partial charge in [-0.3, -0.25) is 0 Å². The van der Waals surface area contributed by atoms with Crippen LogP contribution in [0.1, 0.15) is 90.9 Å². The van der Waals surface area contributed by atoms with E-state index in [1.165, 1.54) is 51.4 Å². The van der Waals surface area contributed by atoms with E-state index in [4.69, 9.17) is 20.2 Å². The fourth-order valence-electron chi connectivity index (χ4n) is 4.74. The van der Waals surface area contributed by atoms with Gasteiger partial charge in [0.2, 0.25) is 0 Å². The molecule has 3 aromatic carbocycles. The van der Waals surface area contributed by atoms with E-state index in [2.05, 4.69) is 13.8 Å². The number of ether oxygens (including phenoxy) is 2. The lowest BCUT2D eigenvalue weighted by Crippen LogP contribution is -2.04. The standard InChI is InChI=1S/C30H41ClO4S/c1-3-5-7-9-11-15-22-34-29-24-18-13-14-19-25(24)30(35-23-16-12-10-8-6-4-2)28-26(29)20-17-21-27(28)36(31,32)33/h13-14,17-21H,3-12,15-16,22-23H2,1-2H3. The molecule has 3 aromatic rings. The molecule has 0 saturated carbocycles. The summed E-state index contributed by atoms with van der Waals surface area (Å²) in [6.45, 7) is 5.54. The van der Waals surface area contributed by atoms with Crippen LogP contribution in [0.5, 0.6) is 11.5 Å². The Morgan fingerprint density at radius 1 is 0.611 bits per heavy atom. The van der Waals surface area contributed by atoms with E-state index in [0.717, 1.165) is 41.8 Å². The highest BCUT2D eigenvalue weighted by Gasteiger charge is 2.23. The van der Waals surface area contributed by atoms with Gasteiger partial charge in [-0.1, -0.05) is 114 Å². The van der Waals surface area contributed by atoms with E-state index < -0.39 is 9.05 Å². The van der Waals surface area contributed by atoms with E-state index in [0.29, 0.717) is 30.1 Å². The zero-order valence-electron chi connectivity index (χ0n) is 21.9. The summed E-state index contributed by atoms with van der Waals surface area (Å²) in [4.78, 5) is 0.0646. The minimum Gasteiger partial charge on any atom is -0.492 e. The molecule has 36 heavy (non-hydrogen) atoms. The predicted octanol–water partition coefficient (Wildman–Crippen LogP) is 9.40. The Morgan fingerprint density at radius 2 is 1.08 bits per heavy atom. The first-order valence-electron chi connectivity index (χ1n) is 13.7. The minimum atomic E-state index is -3.98. The fraction of sp³-hybridized carbons (Fsp3) is 0.533. The maximum Gasteiger partial charge on any atom is 0.262 e. The van der Waals surface area contributed by atoms with Gasteiger partial charge in [0, 0.05) is 32.2 Å². The van der Waals surface area contributed by atoms with Crippen molar-refractivity contribution in [3.63, 3.8) is 0 Å². The summed E-state index contributed by atoms with van der Waals surface area (Å²) in [5.74, 6) is 1.27. The zero-order valence-corrected chi connectivity index (χ0v) is 23.4. The summed E-state index contributed by atoms with van der Waals surface area (Å²) in [5.41, 5.74) is 0. The van der Waals surface area contributed by atoms with E-state index in [9.17, 15) is 8.42 Å². The molecule has 0 heterocycles. The molecule has 0 bridgehead atoms. The second kappa shape index (κ2) is 14.7. The summed E-state index contributed by atoms with van der Waals surface area (Å²) in [6, 6.07) is 13.1. The maximum absolute atomic E-state index is 12.6. The molecule has 0 unspecified atom stereocenters. The van der Waals surface area contributed by atoms with Crippen molar-refractivity contribution in [2.45, 2.75) is 95.8 Å². The number of hydrogen-bond donors (Lipinski definition) is 0. The Labute approximate surface area is 221 Å². The highest BCUT2D eigenvalue weighted by molar-refractivity contribution is 8.14. The lowest BCUT2D eigenvalue weighted by Gasteiger charge is -2.19. The highest BCUT2D eigenvalue weighted by atomic mass is 35.7. The maximum atomic E-state index is 12.6. The van der Waals surface area contributed by atoms with Crippen LogP contribution in [0.15, 0.2) is 47.4 Å². The molecule has 6 heteroatoms. The van der Waals surface area contributed by atoms with Gasteiger partial charge >= 0.3 is 0 Å². The summed E-state index contributed by atoms with van der Waals surface area (Å²) in [5, 5.41) is 3.01. The summed E-state index contributed by atoms with van der Waals surface area (Å²) in [7, 11) is 1.92. The Kier molecular flexibility index (Phi) is 11.7. The molecule has 0 fully saturated rings. The average Bonchev–Trinajstić information content (AvgIpc) is 2.87. The quantitative estimate of drug-likeness (QED) is 0.0986. The van der Waals surface area contributed by atoms with Gasteiger partial charge in [-0.2, -0.15) is 0 Å². The van der Waals surface area contributed by atoms with Crippen LogP contribution in [0.4, 0.5) is 0 Å². The largest absolute Gasteiger partial charge is 0.492 e. The average molecular weight is 533 g/mol. The first-order chi connectivity index (χ1) is 17.5. The molecule has 0 aliphatic carbocycles. The van der Waals surface area contributed by atoms with Gasteiger partial charge in [0.25, 0.3) is 9.05 Å². The molecule has 3 rings (SSSR count). The van der Waals surface area contributed by atoms with Crippen LogP contribution >= 0.6 is 10.7 Å². The Bertz CT molecular complexity index is 1210. The van der Waals surface area contributed by atoms with E-state index in [1.807, 2.05) is 30.3 Å². The van der Waals surface area contributed by atoms with Crippen molar-refractivity contribution in [3.05, 3.63) is 42.5 Å². The summed E-state index contributed by atoms with van der Waals surface area (Å²) < 4.78 is 37.8. The number of unbranched alkanes of at least 4 members (excludes halogenated alkanes) is 10. The zero-order chi connectivity index (χ0) is 25.8. The molecule has 0 aromatic heterocycles. The van der Waals surface area contributed by atoms with Crippen LogP contribution in [0.3, 0.4) is 0 Å². The normalized spacial score (nSPS) is 11.9. The van der Waals surface area contributed by atoms with Gasteiger partial charge in [-0.15, -0.1) is 0 Å². The van der Waals surface area contributed by atoms with Crippen LogP contribution in [0.25, 0.3) is 21.5 Å². The number of hydrogen-bond acceptors (Lipinski definition) is 4. The Hall–Kier alpha value is -1.98. The molecule has 0 N–H and O–H groups in total. The minimum absolute atomic E-state index is 0.0646. The van der Waals surface area contributed by atoms with E-state index in [-0.39, 0.29) is 4.90 Å². The van der Waals surface area contributed by atoms with Crippen LogP contribution in [0.2, 0.25) is 0 Å². The van der Waals surface area contributed by atoms with Crippen LogP contribution in [-0.4, -0.2) is 21.6 Å². The van der Waals surface area contributed by atoms with E-state index in [1.54, 1.807) is 12.1 Å². The lowest BCUT2D eigenvalue weighted by molar-refractivity contribution is 0.306. The Morgan fingerprint density at radius 3 is 1.64 bits per heavy atom. The molecule has 0 aliphatic heterocycles. The van der Waals surface area contributed by atoms with Gasteiger partial charge in [-0.25, -0.2) is 8.42 Å². The second-order valence-corrected chi connectivity index (χ2v) is 12.1. The first kappa shape index (κ1) is 28.6. The summed E-state index contributed by atoms with van der Waals surface area (Å²) in [6.07, 6.45) is 14.0. The molecular weight excluding hydrogens is 492 g/mol. The molecule has 4 nitrogen and oxygen atoms in total. The molecular formula is C30H41ClO4S. The molecule has 0 amide bonds. The molecule has 198 valence electrons. The topological polar surface area (TPSA) is 52.6 Å². The van der Waals surface area contributed by atoms with Crippen molar-refractivity contribution in [2.75, 3.05) is 13.2 Å². The first-order valence-corrected chi connectivity index (χ1v) is 16.0. The third-order valence-corrected chi connectivity index (χ3v) is 8.03. The number of fused-ring (bicyclic) bond motifs is 2. The van der Waals surface area contributed by atoms with Crippen LogP contribution in [-0.2, 0) is 9.05 Å². The van der Waals surface area contributed by atoms with Gasteiger partial charge in [0.15, 0.2) is 0 Å². The third kappa shape index (κ3) is 7.76. The molecule has 0 spiro atoms. The number of benzene rings is 3. The van der Waals surface area contributed by atoms with Crippen molar-refractivity contribution in [1.29, 1.82) is 0 Å². The molecule has 0 atom stereocenters. The highest BCUT2D eigenvalue weighted by Crippen LogP contribution is 2.45. The van der Waals surface area contributed by atoms with Crippen LogP contribution in [0, 0.1) is 0 Å². The SMILES string of the molecule is CCCCCCCCOc1c2ccccc2c(OCCCCCCCC)c2c(S(=O)(=O)Cl)cccc12. The summed E-state index contributed by atoms with van der Waals surface area (Å²) >= 11 is 0. The van der Waals surface area contributed by atoms with Crippen molar-refractivity contribution >= 4 is 41.3 Å². The predicted molar refractivity (Wildman–Crippen MR) is 152 cm³/mol. The molecule has 0 radical (unpaired) electrons. The van der Waals surface area contributed by atoms with Crippen LogP contribution < -0.4 is 9.47 Å². The number of halogens is 1. The smallest absolute Gasteiger partial charge is 0.262 e. The van der Waals surface area contributed by atoms with Gasteiger partial charge in [0.05, 0.1) is 18.1 Å². The van der Waals surface area contributed by atoms with E-state index >= 15 is 0 Å². The van der Waals surface area contributed by atoms with Crippen molar-refractivity contribution in [1.82, 2.24) is 0 Å². The lowest BCUT2D eigenvalue weighted by atomic mass is 10.0. The van der Waals surface area contributed by atoms with Crippen molar-refractivity contribution in [2.24, 2.45) is 0 Å². The van der Waals surface area contributed by atoms with Gasteiger partial charge in [0.1, 0.15) is 11.5 Å². The number of rotatable bonds is 17. The Balaban J connectivity index is 1.94. The molecule has 0 aliphatic rings. The third-order valence-electron chi connectivity index (χ3n) is 6.67. The monoisotopic (exact) mass is 532 g/mol. The fourth-order valence-corrected chi connectivity index (χ4v) is 5.81.